The molecule has 4 aromatic rings. The van der Waals surface area contributed by atoms with Crippen LogP contribution in [-0.4, -0.2) is 46.6 Å². The molecule has 2 fully saturated rings. The number of carbonyl (C=O) groups excluding carboxylic acids is 1. The largest absolute Gasteiger partial charge is 0.497 e. The fraction of sp³-hybridized carbons (Fsp3) is 0.270. The summed E-state index contributed by atoms with van der Waals surface area (Å²) in [7, 11) is -0.807. The molecule has 3 aliphatic heterocycles. The van der Waals surface area contributed by atoms with E-state index >= 15 is 4.39 Å². The molecule has 4 aromatic carbocycles. The molecular formula is C37H36BFN2O3. The molecule has 2 atom stereocenters. The Balaban J connectivity index is 1.30. The lowest BCUT2D eigenvalue weighted by Crippen LogP contribution is -2.42. The van der Waals surface area contributed by atoms with Gasteiger partial charge in [0.15, 0.2) is 0 Å². The molecule has 0 saturated carbocycles. The van der Waals surface area contributed by atoms with Gasteiger partial charge in [0.05, 0.1) is 23.3 Å². The molecule has 1 amide bonds. The highest BCUT2D eigenvalue weighted by atomic mass is 19.1. The Morgan fingerprint density at radius 2 is 1.27 bits per heavy atom. The van der Waals surface area contributed by atoms with Crippen LogP contribution in [0.4, 0.5) is 4.39 Å². The van der Waals surface area contributed by atoms with Crippen molar-refractivity contribution in [3.63, 3.8) is 0 Å². The topological polar surface area (TPSA) is 41.8 Å². The molecule has 3 heterocycles. The number of benzene rings is 4. The van der Waals surface area contributed by atoms with Crippen molar-refractivity contribution < 1.29 is 18.5 Å². The van der Waals surface area contributed by atoms with E-state index in [9.17, 15) is 4.79 Å². The van der Waals surface area contributed by atoms with Crippen LogP contribution >= 0.6 is 0 Å². The number of carbonyl (C=O) groups is 1. The summed E-state index contributed by atoms with van der Waals surface area (Å²) in [5.74, 6) is -0.388. The van der Waals surface area contributed by atoms with Crippen LogP contribution in [-0.2, 0) is 26.2 Å². The second-order valence-corrected chi connectivity index (χ2v) is 12.9. The second kappa shape index (κ2) is 10.5. The van der Waals surface area contributed by atoms with Gasteiger partial charge >= 0.3 is 7.12 Å². The van der Waals surface area contributed by atoms with Crippen LogP contribution in [0, 0.1) is 5.82 Å². The quantitative estimate of drug-likeness (QED) is 0.141. The van der Waals surface area contributed by atoms with Gasteiger partial charge in [-0.25, -0.2) is 4.39 Å². The van der Waals surface area contributed by atoms with Crippen molar-refractivity contribution in [2.24, 2.45) is 0 Å². The van der Waals surface area contributed by atoms with Crippen molar-refractivity contribution in [1.82, 2.24) is 9.80 Å². The van der Waals surface area contributed by atoms with Crippen LogP contribution in [0.5, 0.6) is 0 Å². The molecule has 5 nitrogen and oxygen atoms in total. The fourth-order valence-electron chi connectivity index (χ4n) is 6.72. The maximum atomic E-state index is 15.4. The molecule has 0 aliphatic carbocycles. The molecule has 0 N–H and O–H groups in total. The van der Waals surface area contributed by atoms with Gasteiger partial charge < -0.3 is 14.2 Å². The molecule has 3 aliphatic rings. The lowest BCUT2D eigenvalue weighted by atomic mass is 9.71. The third-order valence-electron chi connectivity index (χ3n) is 9.72. The summed E-state index contributed by atoms with van der Waals surface area (Å²) < 4.78 is 28.1. The molecule has 2 saturated heterocycles. The van der Waals surface area contributed by atoms with E-state index in [-0.39, 0.29) is 24.3 Å². The van der Waals surface area contributed by atoms with E-state index in [1.807, 2.05) is 88.4 Å². The van der Waals surface area contributed by atoms with E-state index in [1.54, 1.807) is 17.2 Å². The van der Waals surface area contributed by atoms with Crippen molar-refractivity contribution in [2.75, 3.05) is 6.54 Å². The summed E-state index contributed by atoms with van der Waals surface area (Å²) in [4.78, 5) is 18.5. The van der Waals surface area contributed by atoms with Crippen molar-refractivity contribution in [1.29, 1.82) is 0 Å². The molecule has 0 bridgehead atoms. The van der Waals surface area contributed by atoms with Crippen molar-refractivity contribution in [2.45, 2.75) is 57.0 Å². The first kappa shape index (κ1) is 28.7. The Kier molecular flexibility index (Phi) is 6.89. The van der Waals surface area contributed by atoms with E-state index in [1.165, 1.54) is 6.07 Å². The minimum atomic E-state index is -0.807. The minimum Gasteiger partial charge on any atom is -0.399 e. The van der Waals surface area contributed by atoms with E-state index in [2.05, 4.69) is 41.3 Å². The number of hydrogen-bond donors (Lipinski definition) is 0. The normalized spacial score (nSPS) is 21.9. The Morgan fingerprint density at radius 3 is 1.77 bits per heavy atom. The lowest BCUT2D eigenvalue weighted by molar-refractivity contribution is -0.129. The highest BCUT2D eigenvalue weighted by Crippen LogP contribution is 2.49. The predicted molar refractivity (Wildman–Crippen MR) is 171 cm³/mol. The second-order valence-electron chi connectivity index (χ2n) is 12.9. The summed E-state index contributed by atoms with van der Waals surface area (Å²) in [6.45, 7) is 8.73. The lowest BCUT2D eigenvalue weighted by Gasteiger charge is -2.38. The number of amides is 1. The zero-order valence-corrected chi connectivity index (χ0v) is 25.5. The molecule has 0 radical (unpaired) electrons. The molecular weight excluding hydrogens is 550 g/mol. The van der Waals surface area contributed by atoms with Crippen LogP contribution in [0.15, 0.2) is 115 Å². The molecule has 7 rings (SSSR count). The van der Waals surface area contributed by atoms with E-state index < -0.39 is 23.9 Å². The van der Waals surface area contributed by atoms with Gasteiger partial charge in [0.2, 0.25) is 5.91 Å². The van der Waals surface area contributed by atoms with Gasteiger partial charge in [-0.2, -0.15) is 0 Å². The Labute approximate surface area is 259 Å². The number of rotatable bonds is 6. The Morgan fingerprint density at radius 1 is 0.773 bits per heavy atom. The van der Waals surface area contributed by atoms with Gasteiger partial charge in [-0.3, -0.25) is 9.69 Å². The third kappa shape index (κ3) is 4.53. The summed E-state index contributed by atoms with van der Waals surface area (Å²) in [5.41, 5.74) is 3.10. The predicted octanol–water partition coefficient (Wildman–Crippen LogP) is 6.82. The Hall–Kier alpha value is -4.04. The van der Waals surface area contributed by atoms with E-state index in [0.29, 0.717) is 17.6 Å². The van der Waals surface area contributed by atoms with Crippen LogP contribution in [0.1, 0.15) is 55.5 Å². The maximum absolute atomic E-state index is 15.4. The van der Waals surface area contributed by atoms with E-state index in [0.717, 1.165) is 22.3 Å². The first-order chi connectivity index (χ1) is 21.1. The highest BCUT2D eigenvalue weighted by Gasteiger charge is 2.58. The van der Waals surface area contributed by atoms with Gasteiger partial charge in [-0.1, -0.05) is 103 Å². The number of fused-ring (bicyclic) bond motifs is 1. The Bertz CT molecular complexity index is 1610. The van der Waals surface area contributed by atoms with Crippen molar-refractivity contribution in [3.8, 4) is 0 Å². The summed E-state index contributed by atoms with van der Waals surface area (Å²) in [5, 5.41) is 0. The van der Waals surface area contributed by atoms with Crippen molar-refractivity contribution >= 4 is 18.5 Å². The van der Waals surface area contributed by atoms with Crippen molar-refractivity contribution in [3.05, 3.63) is 149 Å². The highest BCUT2D eigenvalue weighted by molar-refractivity contribution is 6.69. The molecule has 44 heavy (non-hydrogen) atoms. The average molecular weight is 587 g/mol. The van der Waals surface area contributed by atoms with Crippen LogP contribution < -0.4 is 0 Å². The number of hydrogen-bond acceptors (Lipinski definition) is 4. The molecule has 2 unspecified atom stereocenters. The fourth-order valence-corrected chi connectivity index (χ4v) is 6.72. The standard InChI is InChI=1S/C37H36BFN2O3/c1-35(2)36(3,4)44-38(43-35)30-24-40(23-26-15-14-22-31(39)33(26)30)34(42)32-25-41(32)37(27-16-8-5-9-17-27,28-18-10-6-11-19-28)29-20-12-7-13-21-29/h5-22,24,32H,23,25H2,1-4H3. The zero-order valence-electron chi connectivity index (χ0n) is 25.5. The molecule has 0 spiro atoms. The third-order valence-corrected chi connectivity index (χ3v) is 9.72. The van der Waals surface area contributed by atoms with Gasteiger partial charge in [0.1, 0.15) is 11.9 Å². The van der Waals surface area contributed by atoms with Gasteiger partial charge in [-0.05, 0) is 56.0 Å². The maximum Gasteiger partial charge on any atom is 0.497 e. The molecule has 0 aromatic heterocycles. The number of halogens is 1. The monoisotopic (exact) mass is 586 g/mol. The minimum absolute atomic E-state index is 0.0407. The SMILES string of the molecule is CC1(C)OB(C2=CN(C(=O)C3CN3C(c3ccccc3)(c3ccccc3)c3ccccc3)Cc3cccc(F)c32)OC1(C)C. The first-order valence-corrected chi connectivity index (χ1v) is 15.2. The molecule has 222 valence electrons. The average Bonchev–Trinajstić information content (AvgIpc) is 3.79. The summed E-state index contributed by atoms with van der Waals surface area (Å²) in [6.07, 6.45) is 1.75. The smallest absolute Gasteiger partial charge is 0.399 e. The first-order valence-electron chi connectivity index (χ1n) is 15.2. The number of nitrogens with zero attached hydrogens (tertiary/aromatic N) is 2. The van der Waals surface area contributed by atoms with E-state index in [4.69, 9.17) is 9.31 Å². The van der Waals surface area contributed by atoms with Crippen LogP contribution in [0.25, 0.3) is 5.47 Å². The molecule has 7 heteroatoms. The van der Waals surface area contributed by atoms with Gasteiger partial charge in [0, 0.05) is 23.8 Å². The van der Waals surface area contributed by atoms with Crippen LogP contribution in [0.2, 0.25) is 0 Å². The van der Waals surface area contributed by atoms with Gasteiger partial charge in [0.25, 0.3) is 0 Å². The zero-order chi connectivity index (χ0) is 30.7. The van der Waals surface area contributed by atoms with Gasteiger partial charge in [-0.15, -0.1) is 0 Å². The summed E-state index contributed by atoms with van der Waals surface area (Å²) in [6, 6.07) is 35.8. The van der Waals surface area contributed by atoms with Crippen LogP contribution in [0.3, 0.4) is 0 Å². The summed E-state index contributed by atoms with van der Waals surface area (Å²) >= 11 is 0.